The maximum atomic E-state index is 12.0. The molecular weight excluding hydrogens is 312 g/mol. The third-order valence-electron chi connectivity index (χ3n) is 2.96. The predicted octanol–water partition coefficient (Wildman–Crippen LogP) is 2.69. The van der Waals surface area contributed by atoms with Crippen molar-refractivity contribution in [1.29, 1.82) is 0 Å². The van der Waals surface area contributed by atoms with Gasteiger partial charge in [-0.2, -0.15) is 0 Å². The summed E-state index contributed by atoms with van der Waals surface area (Å²) in [5.74, 6) is -0.731. The number of nitrogens with one attached hydrogen (secondary N) is 2. The van der Waals surface area contributed by atoms with Gasteiger partial charge in [-0.25, -0.2) is 13.8 Å². The Hall–Kier alpha value is -2.18. The topological polar surface area (TPSA) is 75.3 Å². The van der Waals surface area contributed by atoms with Crippen molar-refractivity contribution in [2.45, 2.75) is 25.7 Å². The maximum Gasteiger partial charge on any atom is 0.265 e. The first-order valence-corrected chi connectivity index (χ1v) is 9.02. The average molecular weight is 334 g/mol. The molecule has 124 valence electrons. The SMILES string of the molecule is CC.Cc1ccccc1C(=O)NNCS(=O)(=O)c1ccccc1. The van der Waals surface area contributed by atoms with Gasteiger partial charge in [0.2, 0.25) is 0 Å². The molecule has 0 heterocycles. The maximum absolute atomic E-state index is 12.0. The number of benzene rings is 2. The van der Waals surface area contributed by atoms with Gasteiger partial charge in [-0.15, -0.1) is 0 Å². The number of hydrazine groups is 1. The van der Waals surface area contributed by atoms with Gasteiger partial charge in [-0.1, -0.05) is 50.2 Å². The Bertz CT molecular complexity index is 729. The van der Waals surface area contributed by atoms with E-state index in [4.69, 9.17) is 0 Å². The quantitative estimate of drug-likeness (QED) is 0.825. The fourth-order valence-corrected chi connectivity index (χ4v) is 2.82. The van der Waals surface area contributed by atoms with Crippen molar-refractivity contribution in [1.82, 2.24) is 10.9 Å². The minimum atomic E-state index is -3.47. The van der Waals surface area contributed by atoms with E-state index in [1.165, 1.54) is 12.1 Å². The van der Waals surface area contributed by atoms with Gasteiger partial charge in [0.05, 0.1) is 4.90 Å². The summed E-state index contributed by atoms with van der Waals surface area (Å²) in [5.41, 5.74) is 6.18. The Labute approximate surface area is 137 Å². The van der Waals surface area contributed by atoms with Gasteiger partial charge in [-0.3, -0.25) is 10.2 Å². The molecule has 0 saturated carbocycles. The predicted molar refractivity (Wildman–Crippen MR) is 91.6 cm³/mol. The third-order valence-corrected chi connectivity index (χ3v) is 4.47. The molecule has 2 rings (SSSR count). The molecule has 6 heteroatoms. The van der Waals surface area contributed by atoms with Crippen molar-refractivity contribution in [2.24, 2.45) is 0 Å². The molecule has 0 fully saturated rings. The van der Waals surface area contributed by atoms with Crippen molar-refractivity contribution in [3.63, 3.8) is 0 Å². The summed E-state index contributed by atoms with van der Waals surface area (Å²) in [4.78, 5) is 12.1. The summed E-state index contributed by atoms with van der Waals surface area (Å²) in [7, 11) is -3.47. The number of carbonyl (C=O) groups is 1. The Balaban J connectivity index is 0.00000127. The molecule has 0 atom stereocenters. The largest absolute Gasteiger partial charge is 0.286 e. The number of amides is 1. The van der Waals surface area contributed by atoms with Gasteiger partial charge >= 0.3 is 0 Å². The van der Waals surface area contributed by atoms with Crippen LogP contribution in [-0.2, 0) is 9.84 Å². The third kappa shape index (κ3) is 5.50. The number of hydrogen-bond donors (Lipinski definition) is 2. The first-order chi connectivity index (χ1) is 11.0. The van der Waals surface area contributed by atoms with Gasteiger partial charge < -0.3 is 0 Å². The molecule has 0 aliphatic carbocycles. The average Bonchev–Trinajstić information content (AvgIpc) is 2.57. The lowest BCUT2D eigenvalue weighted by molar-refractivity contribution is 0.0936. The molecule has 2 N–H and O–H groups in total. The van der Waals surface area contributed by atoms with Crippen LogP contribution in [0, 0.1) is 6.92 Å². The zero-order valence-corrected chi connectivity index (χ0v) is 14.4. The van der Waals surface area contributed by atoms with Crippen LogP contribution >= 0.6 is 0 Å². The molecule has 5 nitrogen and oxygen atoms in total. The number of sulfone groups is 1. The van der Waals surface area contributed by atoms with Crippen molar-refractivity contribution in [3.05, 3.63) is 65.7 Å². The Kier molecular flexibility index (Phi) is 7.44. The van der Waals surface area contributed by atoms with Crippen LogP contribution in [0.2, 0.25) is 0 Å². The van der Waals surface area contributed by atoms with Gasteiger partial charge in [0.25, 0.3) is 5.91 Å². The van der Waals surface area contributed by atoms with E-state index in [2.05, 4.69) is 10.9 Å². The van der Waals surface area contributed by atoms with E-state index in [0.29, 0.717) is 5.56 Å². The smallest absolute Gasteiger partial charge is 0.265 e. The van der Waals surface area contributed by atoms with Crippen LogP contribution < -0.4 is 10.9 Å². The minimum Gasteiger partial charge on any atom is -0.286 e. The molecule has 0 bridgehead atoms. The highest BCUT2D eigenvalue weighted by atomic mass is 32.2. The lowest BCUT2D eigenvalue weighted by Gasteiger charge is -2.09. The number of aryl methyl sites for hydroxylation is 1. The van der Waals surface area contributed by atoms with E-state index >= 15 is 0 Å². The monoisotopic (exact) mass is 334 g/mol. The van der Waals surface area contributed by atoms with E-state index in [0.717, 1.165) is 5.56 Å². The Morgan fingerprint density at radius 3 is 2.13 bits per heavy atom. The van der Waals surface area contributed by atoms with Crippen LogP contribution in [0.5, 0.6) is 0 Å². The zero-order valence-electron chi connectivity index (χ0n) is 13.5. The molecule has 0 aliphatic rings. The molecule has 1 amide bonds. The normalized spacial score (nSPS) is 10.4. The van der Waals surface area contributed by atoms with Crippen LogP contribution in [0.1, 0.15) is 29.8 Å². The molecule has 23 heavy (non-hydrogen) atoms. The lowest BCUT2D eigenvalue weighted by atomic mass is 10.1. The fourth-order valence-electron chi connectivity index (χ4n) is 1.82. The number of rotatable bonds is 5. The first-order valence-electron chi connectivity index (χ1n) is 7.37. The standard InChI is InChI=1S/C15H16N2O3S.C2H6/c1-12-7-5-6-10-14(12)15(18)17-16-11-21(19,20)13-8-3-2-4-9-13;1-2/h2-10,16H,11H2,1H3,(H,17,18);1-2H3. The first kappa shape index (κ1) is 18.9. The molecule has 0 radical (unpaired) electrons. The van der Waals surface area contributed by atoms with E-state index in [-0.39, 0.29) is 16.7 Å². The second-order valence-electron chi connectivity index (χ2n) is 4.52. The molecule has 2 aromatic rings. The highest BCUT2D eigenvalue weighted by Crippen LogP contribution is 2.09. The second kappa shape index (κ2) is 9.07. The van der Waals surface area contributed by atoms with Gasteiger partial charge in [-0.05, 0) is 30.7 Å². The lowest BCUT2D eigenvalue weighted by Crippen LogP contribution is -2.40. The summed E-state index contributed by atoms with van der Waals surface area (Å²) in [6.07, 6.45) is 0. The van der Waals surface area contributed by atoms with Gasteiger partial charge in [0, 0.05) is 5.56 Å². The highest BCUT2D eigenvalue weighted by Gasteiger charge is 2.14. The van der Waals surface area contributed by atoms with Crippen LogP contribution in [0.25, 0.3) is 0 Å². The minimum absolute atomic E-state index is 0.211. The second-order valence-corrected chi connectivity index (χ2v) is 6.51. The number of carbonyl (C=O) groups excluding carboxylic acids is 1. The van der Waals surface area contributed by atoms with Crippen molar-refractivity contribution in [2.75, 3.05) is 5.88 Å². The van der Waals surface area contributed by atoms with Crippen molar-refractivity contribution in [3.8, 4) is 0 Å². The van der Waals surface area contributed by atoms with Crippen LogP contribution in [0.4, 0.5) is 0 Å². The molecule has 0 unspecified atom stereocenters. The molecule has 2 aromatic carbocycles. The van der Waals surface area contributed by atoms with Crippen molar-refractivity contribution < 1.29 is 13.2 Å². The van der Waals surface area contributed by atoms with E-state index in [1.807, 2.05) is 32.9 Å². The molecule has 0 aromatic heterocycles. The fraction of sp³-hybridized carbons (Fsp3) is 0.235. The summed E-state index contributed by atoms with van der Waals surface area (Å²) in [6, 6.07) is 15.2. The van der Waals surface area contributed by atoms with E-state index in [9.17, 15) is 13.2 Å². The summed E-state index contributed by atoms with van der Waals surface area (Å²) in [6.45, 7) is 5.82. The highest BCUT2D eigenvalue weighted by molar-refractivity contribution is 7.91. The number of hydrogen-bond acceptors (Lipinski definition) is 4. The van der Waals surface area contributed by atoms with Gasteiger partial charge in [0.15, 0.2) is 9.84 Å². The van der Waals surface area contributed by atoms with Gasteiger partial charge in [0.1, 0.15) is 5.88 Å². The zero-order chi connectivity index (χ0) is 17.3. The Morgan fingerprint density at radius 2 is 1.52 bits per heavy atom. The van der Waals surface area contributed by atoms with E-state index in [1.54, 1.807) is 30.3 Å². The molecular formula is C17H22N2O3S. The summed E-state index contributed by atoms with van der Waals surface area (Å²) in [5, 5.41) is 0. The molecule has 0 spiro atoms. The molecule has 0 aliphatic heterocycles. The van der Waals surface area contributed by atoms with E-state index < -0.39 is 9.84 Å². The van der Waals surface area contributed by atoms with Crippen LogP contribution in [0.3, 0.4) is 0 Å². The van der Waals surface area contributed by atoms with Crippen LogP contribution in [0.15, 0.2) is 59.5 Å². The van der Waals surface area contributed by atoms with Crippen molar-refractivity contribution >= 4 is 15.7 Å². The molecule has 0 saturated heterocycles. The summed E-state index contributed by atoms with van der Waals surface area (Å²) < 4.78 is 24.0. The Morgan fingerprint density at radius 1 is 0.957 bits per heavy atom. The van der Waals surface area contributed by atoms with Crippen LogP contribution in [-0.4, -0.2) is 20.2 Å². The summed E-state index contributed by atoms with van der Waals surface area (Å²) >= 11 is 0.